The first-order valence-corrected chi connectivity index (χ1v) is 4.70. The predicted octanol–water partition coefficient (Wildman–Crippen LogP) is -4.75. The Morgan fingerprint density at radius 3 is 2.31 bits per heavy atom. The normalized spacial score (nSPS) is 16.0. The van der Waals surface area contributed by atoms with E-state index >= 15 is 0 Å². The molecule has 0 saturated carbocycles. The molecule has 2 N–H and O–H groups in total. The topological polar surface area (TPSA) is 107 Å². The fourth-order valence-electron chi connectivity index (χ4n) is 0.383. The van der Waals surface area contributed by atoms with E-state index in [4.69, 9.17) is 10.2 Å². The zero-order valence-corrected chi connectivity index (χ0v) is 10.3. The molecular weight excluding hydrogens is 211 g/mol. The standard InChI is InChI=1S/C5H12O6S.Na/c1-4(12(8,9)10)11-3-5(7)2-6;/h4-7H,2-3H2,1H3,(H,8,9,10);/q;+1/p-1. The second-order valence-electron chi connectivity index (χ2n) is 2.23. The summed E-state index contributed by atoms with van der Waals surface area (Å²) in [6.45, 7) is 0.150. The second-order valence-corrected chi connectivity index (χ2v) is 3.88. The molecule has 0 heterocycles. The molecule has 2 atom stereocenters. The van der Waals surface area contributed by atoms with Gasteiger partial charge in [-0.05, 0) is 6.92 Å². The Kier molecular flexibility index (Phi) is 8.90. The van der Waals surface area contributed by atoms with Crippen LogP contribution < -0.4 is 29.6 Å². The van der Waals surface area contributed by atoms with E-state index in [0.717, 1.165) is 6.92 Å². The zero-order chi connectivity index (χ0) is 9.78. The van der Waals surface area contributed by atoms with Crippen LogP contribution in [0.2, 0.25) is 0 Å². The Morgan fingerprint density at radius 1 is 1.54 bits per heavy atom. The van der Waals surface area contributed by atoms with Crippen LogP contribution in [0.25, 0.3) is 0 Å². The molecule has 0 spiro atoms. The van der Waals surface area contributed by atoms with Crippen LogP contribution in [0.1, 0.15) is 6.92 Å². The number of hydrogen-bond donors (Lipinski definition) is 2. The van der Waals surface area contributed by atoms with Gasteiger partial charge in [0.2, 0.25) is 0 Å². The van der Waals surface area contributed by atoms with Crippen molar-refractivity contribution in [1.82, 2.24) is 0 Å². The third-order valence-electron chi connectivity index (χ3n) is 1.14. The van der Waals surface area contributed by atoms with Crippen molar-refractivity contribution in [3.8, 4) is 0 Å². The van der Waals surface area contributed by atoms with Crippen LogP contribution >= 0.6 is 0 Å². The maximum absolute atomic E-state index is 10.2. The van der Waals surface area contributed by atoms with E-state index in [1.54, 1.807) is 0 Å². The number of aliphatic hydroxyl groups is 2. The minimum Gasteiger partial charge on any atom is -0.746 e. The summed E-state index contributed by atoms with van der Waals surface area (Å²) in [7, 11) is -4.47. The Hall–Kier alpha value is 0.790. The van der Waals surface area contributed by atoms with Crippen molar-refractivity contribution in [2.45, 2.75) is 18.5 Å². The summed E-state index contributed by atoms with van der Waals surface area (Å²) in [5, 5.41) is 17.0. The van der Waals surface area contributed by atoms with Gasteiger partial charge in [0.05, 0.1) is 13.2 Å². The molecule has 0 bridgehead atoms. The summed E-state index contributed by atoms with van der Waals surface area (Å²) in [6.07, 6.45) is -1.16. The summed E-state index contributed by atoms with van der Waals surface area (Å²) in [5.74, 6) is 0. The Bertz CT molecular complexity index is 215. The fourth-order valence-corrected chi connectivity index (χ4v) is 0.628. The van der Waals surface area contributed by atoms with Crippen LogP contribution in [0.5, 0.6) is 0 Å². The van der Waals surface area contributed by atoms with Gasteiger partial charge in [0, 0.05) is 0 Å². The van der Waals surface area contributed by atoms with E-state index in [1.165, 1.54) is 0 Å². The van der Waals surface area contributed by atoms with Gasteiger partial charge in [-0.3, -0.25) is 0 Å². The summed E-state index contributed by atoms with van der Waals surface area (Å²) in [4.78, 5) is 0. The SMILES string of the molecule is CC(OCC(O)CO)S(=O)(=O)[O-].[Na+]. The molecule has 2 unspecified atom stereocenters. The van der Waals surface area contributed by atoms with E-state index < -0.39 is 28.3 Å². The molecule has 13 heavy (non-hydrogen) atoms. The smallest absolute Gasteiger partial charge is 0.746 e. The minimum absolute atomic E-state index is 0. The fraction of sp³-hybridized carbons (Fsp3) is 1.00. The van der Waals surface area contributed by atoms with Gasteiger partial charge in [0.25, 0.3) is 0 Å². The van der Waals surface area contributed by atoms with Crippen molar-refractivity contribution in [1.29, 1.82) is 0 Å². The molecule has 6 nitrogen and oxygen atoms in total. The molecule has 0 aromatic heterocycles. The first kappa shape index (κ1) is 16.2. The van der Waals surface area contributed by atoms with E-state index in [0.29, 0.717) is 0 Å². The largest absolute Gasteiger partial charge is 1.00 e. The first-order valence-electron chi connectivity index (χ1n) is 3.23. The Balaban J connectivity index is 0. The summed E-state index contributed by atoms with van der Waals surface area (Å²) >= 11 is 0. The molecule has 0 aliphatic heterocycles. The van der Waals surface area contributed by atoms with Crippen molar-refractivity contribution in [3.05, 3.63) is 0 Å². The third-order valence-corrected chi connectivity index (χ3v) is 2.09. The molecule has 0 radical (unpaired) electrons. The average molecular weight is 222 g/mol. The third kappa shape index (κ3) is 7.83. The monoisotopic (exact) mass is 222 g/mol. The summed E-state index contributed by atoms with van der Waals surface area (Å²) in [5.41, 5.74) is -1.50. The van der Waals surface area contributed by atoms with E-state index in [-0.39, 0.29) is 36.2 Å². The van der Waals surface area contributed by atoms with Crippen molar-refractivity contribution < 1.29 is 57.5 Å². The predicted molar refractivity (Wildman–Crippen MR) is 38.2 cm³/mol. The number of aliphatic hydroxyl groups excluding tert-OH is 2. The summed E-state index contributed by atoms with van der Waals surface area (Å²) in [6, 6.07) is 0. The zero-order valence-electron chi connectivity index (χ0n) is 7.50. The first-order chi connectivity index (χ1) is 5.38. The molecule has 74 valence electrons. The van der Waals surface area contributed by atoms with Crippen LogP contribution in [0.3, 0.4) is 0 Å². The van der Waals surface area contributed by atoms with Crippen molar-refractivity contribution in [2.75, 3.05) is 13.2 Å². The molecule has 0 fully saturated rings. The van der Waals surface area contributed by atoms with Crippen molar-refractivity contribution in [3.63, 3.8) is 0 Å². The van der Waals surface area contributed by atoms with Crippen LogP contribution in [0, 0.1) is 0 Å². The van der Waals surface area contributed by atoms with Crippen molar-refractivity contribution in [2.24, 2.45) is 0 Å². The molecule has 0 aromatic carbocycles. The molecule has 0 amide bonds. The molecule has 0 rings (SSSR count). The number of hydrogen-bond acceptors (Lipinski definition) is 6. The Morgan fingerprint density at radius 2 is 2.00 bits per heavy atom. The van der Waals surface area contributed by atoms with Gasteiger partial charge in [-0.25, -0.2) is 8.42 Å². The molecule has 0 aromatic rings. The van der Waals surface area contributed by atoms with E-state index in [9.17, 15) is 13.0 Å². The van der Waals surface area contributed by atoms with Gasteiger partial charge in [-0.2, -0.15) is 0 Å². The maximum Gasteiger partial charge on any atom is 1.00 e. The molecule has 8 heteroatoms. The second kappa shape index (κ2) is 7.13. The van der Waals surface area contributed by atoms with Gasteiger partial charge in [0.15, 0.2) is 0 Å². The van der Waals surface area contributed by atoms with Crippen LogP contribution in [-0.2, 0) is 14.9 Å². The summed E-state index contributed by atoms with van der Waals surface area (Å²) < 4.78 is 35.1. The Labute approximate surface area is 98.9 Å². The van der Waals surface area contributed by atoms with E-state index in [1.807, 2.05) is 0 Å². The van der Waals surface area contributed by atoms with E-state index in [2.05, 4.69) is 4.74 Å². The van der Waals surface area contributed by atoms with Crippen LogP contribution in [0.15, 0.2) is 0 Å². The molecular formula is C5H11NaO6S. The number of rotatable bonds is 5. The van der Waals surface area contributed by atoms with Gasteiger partial charge in [-0.1, -0.05) is 0 Å². The van der Waals surface area contributed by atoms with Crippen molar-refractivity contribution >= 4 is 10.1 Å². The quantitative estimate of drug-likeness (QED) is 0.357. The van der Waals surface area contributed by atoms with Gasteiger partial charge < -0.3 is 19.5 Å². The number of ether oxygens (including phenoxy) is 1. The molecule has 0 saturated heterocycles. The molecule has 0 aliphatic rings. The van der Waals surface area contributed by atoms with Gasteiger partial charge >= 0.3 is 29.6 Å². The van der Waals surface area contributed by atoms with Gasteiger partial charge in [-0.15, -0.1) is 0 Å². The average Bonchev–Trinajstić information content (AvgIpc) is 1.97. The minimum atomic E-state index is -4.47. The van der Waals surface area contributed by atoms with Crippen LogP contribution in [-0.4, -0.2) is 47.9 Å². The molecule has 0 aliphatic carbocycles. The maximum atomic E-state index is 10.2. The van der Waals surface area contributed by atoms with Gasteiger partial charge in [0.1, 0.15) is 21.7 Å². The van der Waals surface area contributed by atoms with Crippen LogP contribution in [0.4, 0.5) is 0 Å².